The van der Waals surface area contributed by atoms with Gasteiger partial charge in [0.25, 0.3) is 0 Å². The minimum Gasteiger partial charge on any atom is -0.436 e. The number of rotatable bonds is 5. The molecule has 1 heterocycles. The molecule has 0 radical (unpaired) electrons. The Morgan fingerprint density at radius 2 is 1.85 bits per heavy atom. The van der Waals surface area contributed by atoms with Gasteiger partial charge in [0, 0.05) is 5.56 Å². The number of benzene rings is 2. The Balaban J connectivity index is 1.88. The number of aromatic nitrogens is 1. The van der Waals surface area contributed by atoms with Gasteiger partial charge in [0.05, 0.1) is 0 Å². The van der Waals surface area contributed by atoms with Crippen molar-refractivity contribution in [3.05, 3.63) is 54.1 Å². The van der Waals surface area contributed by atoms with Crippen LogP contribution >= 0.6 is 0 Å². The number of fused-ring (bicyclic) bond motifs is 1. The van der Waals surface area contributed by atoms with E-state index < -0.39 is 0 Å². The summed E-state index contributed by atoms with van der Waals surface area (Å²) in [5.74, 6) is 0.700. The maximum Gasteiger partial charge on any atom is 0.227 e. The zero-order valence-electron chi connectivity index (χ0n) is 11.8. The summed E-state index contributed by atoms with van der Waals surface area (Å²) in [5.41, 5.74) is 4.19. The summed E-state index contributed by atoms with van der Waals surface area (Å²) < 4.78 is 5.82. The van der Waals surface area contributed by atoms with Crippen LogP contribution in [-0.2, 0) is 6.42 Å². The van der Waals surface area contributed by atoms with Crippen molar-refractivity contribution in [1.29, 1.82) is 0 Å². The zero-order valence-corrected chi connectivity index (χ0v) is 11.8. The Morgan fingerprint density at radius 3 is 2.65 bits per heavy atom. The minimum atomic E-state index is 0.700. The molecule has 0 saturated heterocycles. The maximum absolute atomic E-state index is 5.82. The van der Waals surface area contributed by atoms with Crippen LogP contribution in [-0.4, -0.2) is 4.98 Å². The van der Waals surface area contributed by atoms with Gasteiger partial charge in [-0.2, -0.15) is 0 Å². The molecule has 20 heavy (non-hydrogen) atoms. The second-order valence-electron chi connectivity index (χ2n) is 5.14. The maximum atomic E-state index is 5.82. The second-order valence-corrected chi connectivity index (χ2v) is 5.14. The molecule has 2 aromatic carbocycles. The van der Waals surface area contributed by atoms with Crippen LogP contribution < -0.4 is 0 Å². The third-order valence-corrected chi connectivity index (χ3v) is 3.54. The summed E-state index contributed by atoms with van der Waals surface area (Å²) in [5, 5.41) is 0. The van der Waals surface area contributed by atoms with Gasteiger partial charge < -0.3 is 4.42 Å². The van der Waals surface area contributed by atoms with Gasteiger partial charge in [-0.05, 0) is 42.7 Å². The summed E-state index contributed by atoms with van der Waals surface area (Å²) in [4.78, 5) is 4.61. The number of nitrogens with zero attached hydrogens (tertiary/aromatic N) is 1. The molecule has 0 fully saturated rings. The highest BCUT2D eigenvalue weighted by atomic mass is 16.3. The summed E-state index contributed by atoms with van der Waals surface area (Å²) in [6, 6.07) is 16.4. The Bertz CT molecular complexity index is 685. The Labute approximate surface area is 119 Å². The largest absolute Gasteiger partial charge is 0.436 e. The molecule has 1 aromatic heterocycles. The first-order valence-electron chi connectivity index (χ1n) is 7.31. The van der Waals surface area contributed by atoms with E-state index >= 15 is 0 Å². The standard InChI is InChI=1S/C18H19NO/c1-2-3-5-8-14-11-12-17-16(13-14)19-18(20-17)15-9-6-4-7-10-15/h4,6-7,9-13H,2-3,5,8H2,1H3. The van der Waals surface area contributed by atoms with E-state index in [0.29, 0.717) is 5.89 Å². The lowest BCUT2D eigenvalue weighted by Crippen LogP contribution is -1.85. The number of hydrogen-bond acceptors (Lipinski definition) is 2. The Morgan fingerprint density at radius 1 is 1.00 bits per heavy atom. The van der Waals surface area contributed by atoms with Gasteiger partial charge in [-0.3, -0.25) is 0 Å². The molecule has 2 nitrogen and oxygen atoms in total. The topological polar surface area (TPSA) is 26.0 Å². The van der Waals surface area contributed by atoms with Crippen molar-refractivity contribution < 1.29 is 4.42 Å². The molecule has 0 saturated carbocycles. The van der Waals surface area contributed by atoms with Crippen LogP contribution in [0.1, 0.15) is 31.7 Å². The summed E-state index contributed by atoms with van der Waals surface area (Å²) in [6.45, 7) is 2.23. The average molecular weight is 265 g/mol. The number of unbranched alkanes of at least 4 members (excludes halogenated alkanes) is 2. The lowest BCUT2D eigenvalue weighted by Gasteiger charge is -1.99. The highest BCUT2D eigenvalue weighted by molar-refractivity contribution is 5.76. The molecule has 0 bridgehead atoms. The van der Waals surface area contributed by atoms with E-state index in [1.54, 1.807) is 0 Å². The van der Waals surface area contributed by atoms with Crippen LogP contribution in [0.5, 0.6) is 0 Å². The van der Waals surface area contributed by atoms with Crippen molar-refractivity contribution in [2.75, 3.05) is 0 Å². The van der Waals surface area contributed by atoms with Gasteiger partial charge in [-0.15, -0.1) is 0 Å². The van der Waals surface area contributed by atoms with Crippen molar-refractivity contribution in [3.63, 3.8) is 0 Å². The molecule has 0 aliphatic carbocycles. The lowest BCUT2D eigenvalue weighted by atomic mass is 10.1. The smallest absolute Gasteiger partial charge is 0.227 e. The van der Waals surface area contributed by atoms with E-state index in [-0.39, 0.29) is 0 Å². The highest BCUT2D eigenvalue weighted by Crippen LogP contribution is 2.25. The molecule has 0 unspecified atom stereocenters. The predicted molar refractivity (Wildman–Crippen MR) is 82.7 cm³/mol. The highest BCUT2D eigenvalue weighted by Gasteiger charge is 2.08. The van der Waals surface area contributed by atoms with Crippen molar-refractivity contribution >= 4 is 11.1 Å². The lowest BCUT2D eigenvalue weighted by molar-refractivity contribution is 0.619. The summed E-state index contributed by atoms with van der Waals surface area (Å²) in [7, 11) is 0. The quantitative estimate of drug-likeness (QED) is 0.590. The molecular formula is C18H19NO. The molecule has 0 spiro atoms. The van der Waals surface area contributed by atoms with Gasteiger partial charge in [0.15, 0.2) is 5.58 Å². The fourth-order valence-corrected chi connectivity index (χ4v) is 2.41. The van der Waals surface area contributed by atoms with Gasteiger partial charge >= 0.3 is 0 Å². The second kappa shape index (κ2) is 5.91. The monoisotopic (exact) mass is 265 g/mol. The van der Waals surface area contributed by atoms with Crippen LogP contribution in [0.25, 0.3) is 22.6 Å². The third kappa shape index (κ3) is 2.74. The van der Waals surface area contributed by atoms with Crippen molar-refractivity contribution in [2.45, 2.75) is 32.6 Å². The van der Waals surface area contributed by atoms with Crippen LogP contribution in [0, 0.1) is 0 Å². The molecule has 102 valence electrons. The van der Waals surface area contributed by atoms with Crippen LogP contribution in [0.3, 0.4) is 0 Å². The van der Waals surface area contributed by atoms with E-state index in [1.165, 1.54) is 24.8 Å². The van der Waals surface area contributed by atoms with E-state index in [2.05, 4.69) is 24.0 Å². The zero-order chi connectivity index (χ0) is 13.8. The first-order chi connectivity index (χ1) is 9.86. The first-order valence-corrected chi connectivity index (χ1v) is 7.31. The normalized spacial score (nSPS) is 11.1. The minimum absolute atomic E-state index is 0.700. The van der Waals surface area contributed by atoms with Crippen LogP contribution in [0.15, 0.2) is 52.9 Å². The Kier molecular flexibility index (Phi) is 3.82. The van der Waals surface area contributed by atoms with Gasteiger partial charge in [0.1, 0.15) is 5.52 Å². The first kappa shape index (κ1) is 12.9. The van der Waals surface area contributed by atoms with E-state index in [9.17, 15) is 0 Å². The van der Waals surface area contributed by atoms with Gasteiger partial charge in [0.2, 0.25) is 5.89 Å². The van der Waals surface area contributed by atoms with E-state index in [4.69, 9.17) is 4.42 Å². The number of aryl methyl sites for hydroxylation is 1. The predicted octanol–water partition coefficient (Wildman–Crippen LogP) is 5.23. The number of hydrogen-bond donors (Lipinski definition) is 0. The van der Waals surface area contributed by atoms with Crippen molar-refractivity contribution in [2.24, 2.45) is 0 Å². The third-order valence-electron chi connectivity index (χ3n) is 3.54. The molecular weight excluding hydrogens is 246 g/mol. The molecule has 0 amide bonds. The molecule has 0 atom stereocenters. The molecule has 2 heteroatoms. The molecule has 0 N–H and O–H groups in total. The fraction of sp³-hybridized carbons (Fsp3) is 0.278. The summed E-state index contributed by atoms with van der Waals surface area (Å²) >= 11 is 0. The van der Waals surface area contributed by atoms with E-state index in [1.807, 2.05) is 36.4 Å². The Hall–Kier alpha value is -2.09. The van der Waals surface area contributed by atoms with Gasteiger partial charge in [-0.1, -0.05) is 44.0 Å². The fourth-order valence-electron chi connectivity index (χ4n) is 2.41. The van der Waals surface area contributed by atoms with Gasteiger partial charge in [-0.25, -0.2) is 4.98 Å². The van der Waals surface area contributed by atoms with Crippen LogP contribution in [0.2, 0.25) is 0 Å². The molecule has 0 aliphatic rings. The number of oxazole rings is 1. The van der Waals surface area contributed by atoms with E-state index in [0.717, 1.165) is 23.1 Å². The summed E-state index contributed by atoms with van der Waals surface area (Å²) in [6.07, 6.45) is 4.90. The van der Waals surface area contributed by atoms with Crippen molar-refractivity contribution in [3.8, 4) is 11.5 Å². The van der Waals surface area contributed by atoms with Crippen molar-refractivity contribution in [1.82, 2.24) is 4.98 Å². The molecule has 0 aliphatic heterocycles. The molecule has 3 rings (SSSR count). The average Bonchev–Trinajstić information content (AvgIpc) is 2.92. The molecule has 3 aromatic rings. The SMILES string of the molecule is CCCCCc1ccc2oc(-c3ccccc3)nc2c1. The van der Waals surface area contributed by atoms with Crippen LogP contribution in [0.4, 0.5) is 0 Å².